The summed E-state index contributed by atoms with van der Waals surface area (Å²) in [5, 5.41) is 0. The summed E-state index contributed by atoms with van der Waals surface area (Å²) in [4.78, 5) is 5.19. The number of anilines is 6. The van der Waals surface area contributed by atoms with Crippen LogP contribution in [-0.4, -0.2) is 6.71 Å². The fraction of sp³-hybridized carbons (Fsp3) is 0.294. The van der Waals surface area contributed by atoms with E-state index in [-0.39, 0.29) is 28.4 Å². The summed E-state index contributed by atoms with van der Waals surface area (Å²) in [6.07, 6.45) is 0. The highest BCUT2D eigenvalue weighted by atomic mass is 15.2. The summed E-state index contributed by atoms with van der Waals surface area (Å²) in [6, 6.07) is 47.0. The van der Waals surface area contributed by atoms with E-state index in [1.165, 1.54) is 89.5 Å². The van der Waals surface area contributed by atoms with E-state index in [2.05, 4.69) is 207 Å². The fourth-order valence-electron chi connectivity index (χ4n) is 9.59. The van der Waals surface area contributed by atoms with E-state index in [1.54, 1.807) is 0 Å². The third-order valence-electron chi connectivity index (χ3n) is 12.6. The van der Waals surface area contributed by atoms with Gasteiger partial charge in [0.05, 0.1) is 0 Å². The van der Waals surface area contributed by atoms with Gasteiger partial charge in [-0.05, 0) is 134 Å². The van der Waals surface area contributed by atoms with Gasteiger partial charge < -0.3 is 9.80 Å². The Morgan fingerprint density at radius 1 is 0.444 bits per heavy atom. The van der Waals surface area contributed by atoms with Crippen molar-refractivity contribution in [3.05, 3.63) is 160 Å². The van der Waals surface area contributed by atoms with Crippen LogP contribution in [0, 0.1) is 6.92 Å². The van der Waals surface area contributed by atoms with E-state index in [0.717, 1.165) is 0 Å². The zero-order chi connectivity index (χ0) is 38.1. The van der Waals surface area contributed by atoms with Crippen LogP contribution in [0.3, 0.4) is 0 Å². The van der Waals surface area contributed by atoms with E-state index in [4.69, 9.17) is 0 Å². The molecule has 3 aliphatic heterocycles. The lowest BCUT2D eigenvalue weighted by Crippen LogP contribution is -2.67. The third-order valence-corrected chi connectivity index (χ3v) is 12.6. The van der Waals surface area contributed by atoms with Crippen molar-refractivity contribution in [2.45, 2.75) is 97.8 Å². The van der Waals surface area contributed by atoms with Crippen molar-refractivity contribution in [1.29, 1.82) is 0 Å². The van der Waals surface area contributed by atoms with Gasteiger partial charge in [0.15, 0.2) is 0 Å². The van der Waals surface area contributed by atoms with Crippen LogP contribution < -0.4 is 26.2 Å². The van der Waals surface area contributed by atoms with Crippen molar-refractivity contribution in [2.75, 3.05) is 9.80 Å². The Balaban J connectivity index is 1.42. The summed E-state index contributed by atoms with van der Waals surface area (Å²) >= 11 is 0. The Bertz CT molecular complexity index is 2440. The SMILES string of the molecule is Cc1cc2c3c(c1)N(c1cc(C(C)(C)C)cc(C(C)(C)C)c1)c1cccc4c1B3c1c(cccc1C4(C)c1ccccc1)N2c1ccc(C(C)(C)C)cc1. The number of aryl methyl sites for hydroxylation is 1. The molecular weight excluding hydrogens is 651 g/mol. The molecule has 0 saturated carbocycles. The van der Waals surface area contributed by atoms with Crippen molar-refractivity contribution in [3.63, 3.8) is 0 Å². The lowest BCUT2D eigenvalue weighted by molar-refractivity contribution is 0.569. The van der Waals surface area contributed by atoms with Crippen molar-refractivity contribution in [3.8, 4) is 0 Å². The smallest absolute Gasteiger partial charge is 0.252 e. The first-order valence-electron chi connectivity index (χ1n) is 19.8. The van der Waals surface area contributed by atoms with Crippen molar-refractivity contribution < 1.29 is 0 Å². The molecule has 0 aromatic heterocycles. The van der Waals surface area contributed by atoms with E-state index < -0.39 is 0 Å². The maximum atomic E-state index is 2.62. The molecule has 0 saturated heterocycles. The Morgan fingerprint density at radius 2 is 0.926 bits per heavy atom. The lowest BCUT2D eigenvalue weighted by atomic mass is 9.28. The van der Waals surface area contributed by atoms with Crippen LogP contribution in [0.4, 0.5) is 34.1 Å². The molecule has 2 nitrogen and oxygen atoms in total. The van der Waals surface area contributed by atoms with Crippen LogP contribution in [-0.2, 0) is 21.7 Å². The van der Waals surface area contributed by atoms with Gasteiger partial charge in [-0.3, -0.25) is 0 Å². The topological polar surface area (TPSA) is 6.48 Å². The minimum Gasteiger partial charge on any atom is -0.311 e. The minimum absolute atomic E-state index is 0.00772. The predicted octanol–water partition coefficient (Wildman–Crippen LogP) is 11.6. The molecule has 0 fully saturated rings. The number of nitrogens with zero attached hydrogens (tertiary/aromatic N) is 2. The minimum atomic E-state index is -0.356. The second-order valence-electron chi connectivity index (χ2n) is 19.4. The van der Waals surface area contributed by atoms with Crippen LogP contribution in [0.15, 0.2) is 121 Å². The Kier molecular flexibility index (Phi) is 7.40. The van der Waals surface area contributed by atoms with Gasteiger partial charge in [0.2, 0.25) is 0 Å². The summed E-state index contributed by atoms with van der Waals surface area (Å²) in [5.74, 6) is 0. The van der Waals surface area contributed by atoms with Gasteiger partial charge in [-0.25, -0.2) is 0 Å². The number of hydrogen-bond donors (Lipinski definition) is 0. The first-order chi connectivity index (χ1) is 25.5. The van der Waals surface area contributed by atoms with Gasteiger partial charge in [0.25, 0.3) is 6.71 Å². The molecule has 0 bridgehead atoms. The zero-order valence-corrected chi connectivity index (χ0v) is 34.0. The summed E-state index contributed by atoms with van der Waals surface area (Å²) in [7, 11) is 0. The van der Waals surface area contributed by atoms with Gasteiger partial charge in [-0.1, -0.05) is 135 Å². The quantitative estimate of drug-likeness (QED) is 0.169. The second kappa shape index (κ2) is 11.5. The van der Waals surface area contributed by atoms with Gasteiger partial charge in [0, 0.05) is 39.5 Å². The molecule has 1 unspecified atom stereocenters. The first kappa shape index (κ1) is 34.7. The van der Waals surface area contributed by atoms with Crippen molar-refractivity contribution >= 4 is 57.2 Å². The normalized spacial score (nSPS) is 17.1. The molecule has 270 valence electrons. The molecular formula is C51H53BN2. The largest absolute Gasteiger partial charge is 0.311 e. The standard InChI is InChI=1S/C51H53BN2/c1-32-27-43-47-44(28-32)54(38-30-35(49(5,6)7)29-36(31-38)50(8,9)10)42-22-16-20-40-46(42)52(47)45-39(51(40,11)34-17-13-12-14-18-34)19-15-21-41(45)53(43)37-25-23-33(24-26-37)48(2,3)4/h12-31H,1-11H3. The molecule has 9 rings (SSSR count). The fourth-order valence-corrected chi connectivity index (χ4v) is 9.59. The van der Waals surface area contributed by atoms with Crippen molar-refractivity contribution in [1.82, 2.24) is 0 Å². The van der Waals surface area contributed by atoms with Crippen molar-refractivity contribution in [2.24, 2.45) is 0 Å². The van der Waals surface area contributed by atoms with E-state index in [0.29, 0.717) is 0 Å². The maximum Gasteiger partial charge on any atom is 0.252 e. The number of hydrogen-bond acceptors (Lipinski definition) is 2. The predicted molar refractivity (Wildman–Crippen MR) is 233 cm³/mol. The molecule has 0 aliphatic carbocycles. The molecule has 54 heavy (non-hydrogen) atoms. The second-order valence-corrected chi connectivity index (χ2v) is 19.4. The molecule has 0 N–H and O–H groups in total. The van der Waals surface area contributed by atoms with E-state index >= 15 is 0 Å². The van der Waals surface area contributed by atoms with E-state index in [9.17, 15) is 0 Å². The van der Waals surface area contributed by atoms with Gasteiger partial charge in [0.1, 0.15) is 0 Å². The monoisotopic (exact) mass is 704 g/mol. The third kappa shape index (κ3) is 5.00. The molecule has 3 heteroatoms. The average Bonchev–Trinajstić information content (AvgIpc) is 3.12. The van der Waals surface area contributed by atoms with Gasteiger partial charge in [-0.15, -0.1) is 0 Å². The maximum absolute atomic E-state index is 2.62. The van der Waals surface area contributed by atoms with Crippen LogP contribution in [0.1, 0.15) is 108 Å². The first-order valence-corrected chi connectivity index (χ1v) is 19.8. The Morgan fingerprint density at radius 3 is 1.41 bits per heavy atom. The zero-order valence-electron chi connectivity index (χ0n) is 34.0. The average molecular weight is 705 g/mol. The summed E-state index contributed by atoms with van der Waals surface area (Å²) in [5.41, 5.74) is 21.0. The molecule has 1 atom stereocenters. The van der Waals surface area contributed by atoms with Crippen LogP contribution >= 0.6 is 0 Å². The lowest BCUT2D eigenvalue weighted by Gasteiger charge is -2.51. The highest BCUT2D eigenvalue weighted by Gasteiger charge is 2.52. The van der Waals surface area contributed by atoms with Crippen LogP contribution in [0.5, 0.6) is 0 Å². The van der Waals surface area contributed by atoms with Crippen LogP contribution in [0.2, 0.25) is 0 Å². The highest BCUT2D eigenvalue weighted by molar-refractivity contribution is 7.01. The molecule has 0 amide bonds. The van der Waals surface area contributed by atoms with E-state index in [1.807, 2.05) is 0 Å². The number of rotatable bonds is 3. The van der Waals surface area contributed by atoms with Gasteiger partial charge in [-0.2, -0.15) is 0 Å². The summed E-state index contributed by atoms with van der Waals surface area (Å²) < 4.78 is 0. The summed E-state index contributed by atoms with van der Waals surface area (Å²) in [6.45, 7) is 25.8. The molecule has 0 spiro atoms. The van der Waals surface area contributed by atoms with Crippen LogP contribution in [0.25, 0.3) is 0 Å². The highest BCUT2D eigenvalue weighted by Crippen LogP contribution is 2.51. The number of benzene rings is 6. The Hall–Kier alpha value is -5.02. The molecule has 3 heterocycles. The molecule has 0 radical (unpaired) electrons. The molecule has 3 aliphatic rings. The molecule has 6 aromatic rings. The molecule has 6 aromatic carbocycles. The Labute approximate surface area is 324 Å². The van der Waals surface area contributed by atoms with Gasteiger partial charge >= 0.3 is 0 Å².